The third-order valence-corrected chi connectivity index (χ3v) is 4.66. The van der Waals surface area contributed by atoms with E-state index in [4.69, 9.17) is 4.74 Å². The van der Waals surface area contributed by atoms with E-state index in [2.05, 4.69) is 4.98 Å². The van der Waals surface area contributed by atoms with E-state index in [0.717, 1.165) is 4.57 Å². The van der Waals surface area contributed by atoms with Gasteiger partial charge in [0.05, 0.1) is 11.9 Å². The zero-order valence-corrected chi connectivity index (χ0v) is 16.3. The van der Waals surface area contributed by atoms with Crippen LogP contribution in [0.2, 0.25) is 0 Å². The van der Waals surface area contributed by atoms with Crippen LogP contribution in [-0.4, -0.2) is 37.0 Å². The summed E-state index contributed by atoms with van der Waals surface area (Å²) in [5.74, 6) is -0.755. The predicted molar refractivity (Wildman–Crippen MR) is 106 cm³/mol. The van der Waals surface area contributed by atoms with E-state index in [1.54, 1.807) is 49.0 Å². The molecule has 29 heavy (non-hydrogen) atoms. The second-order valence-electron chi connectivity index (χ2n) is 6.76. The second-order valence-corrected chi connectivity index (χ2v) is 6.76. The average Bonchev–Trinajstić information content (AvgIpc) is 3.12. The average molecular weight is 398 g/mol. The molecule has 0 saturated carbocycles. The zero-order chi connectivity index (χ0) is 21.0. The summed E-state index contributed by atoms with van der Waals surface area (Å²) < 4.78 is 9.08. The van der Waals surface area contributed by atoms with Crippen molar-refractivity contribution in [2.75, 3.05) is 6.61 Å². The lowest BCUT2D eigenvalue weighted by Crippen LogP contribution is -2.39. The number of benzene rings is 1. The number of carbonyl (C=O) groups excluding carboxylic acids is 2. The lowest BCUT2D eigenvalue weighted by Gasteiger charge is -2.08. The summed E-state index contributed by atoms with van der Waals surface area (Å²) in [5.41, 5.74) is 0.252. The van der Waals surface area contributed by atoms with Crippen LogP contribution in [0, 0.1) is 0 Å². The van der Waals surface area contributed by atoms with Crippen molar-refractivity contribution < 1.29 is 14.3 Å². The van der Waals surface area contributed by atoms with Crippen molar-refractivity contribution >= 4 is 22.9 Å². The van der Waals surface area contributed by atoms with Crippen LogP contribution in [0.4, 0.5) is 0 Å². The van der Waals surface area contributed by atoms with Gasteiger partial charge in [-0.1, -0.05) is 18.2 Å². The summed E-state index contributed by atoms with van der Waals surface area (Å²) in [6.07, 6.45) is 2.63. The molecule has 0 N–H and O–H groups in total. The fourth-order valence-electron chi connectivity index (χ4n) is 3.06. The highest BCUT2D eigenvalue weighted by Gasteiger charge is 2.15. The fraction of sp³-hybridized carbons (Fsp3) is 0.350. The monoisotopic (exact) mass is 398 g/mol. The van der Waals surface area contributed by atoms with Gasteiger partial charge in [0.25, 0.3) is 5.56 Å². The van der Waals surface area contributed by atoms with Gasteiger partial charge in [-0.05, 0) is 25.0 Å². The Labute approximate surface area is 166 Å². The van der Waals surface area contributed by atoms with Gasteiger partial charge in [0.15, 0.2) is 16.9 Å². The number of esters is 1. The number of unbranched alkanes of at least 4 members (excludes halogenated alkanes) is 1. The Balaban J connectivity index is 1.52. The summed E-state index contributed by atoms with van der Waals surface area (Å²) >= 11 is 0. The molecule has 3 rings (SSSR count). The molecule has 0 aliphatic rings. The zero-order valence-electron chi connectivity index (χ0n) is 16.3. The Morgan fingerprint density at radius 1 is 1.07 bits per heavy atom. The standard InChI is InChI=1S/C20H22N4O5/c1-22-13-21-17-16(22)18(26)24(20(28)23(17)2)11-7-6-10-15(25)12-29-19(27)14-8-4-3-5-9-14/h3-5,8-9,13H,6-7,10-12H2,1-2H3. The van der Waals surface area contributed by atoms with Crippen molar-refractivity contribution in [2.24, 2.45) is 14.1 Å². The Morgan fingerprint density at radius 3 is 2.52 bits per heavy atom. The maximum absolute atomic E-state index is 12.6. The van der Waals surface area contributed by atoms with Crippen LogP contribution in [0.5, 0.6) is 0 Å². The molecule has 0 saturated heterocycles. The number of aryl methyl sites for hydroxylation is 2. The van der Waals surface area contributed by atoms with Gasteiger partial charge in [-0.15, -0.1) is 0 Å². The van der Waals surface area contributed by atoms with Gasteiger partial charge in [-0.25, -0.2) is 14.6 Å². The fourth-order valence-corrected chi connectivity index (χ4v) is 3.06. The van der Waals surface area contributed by atoms with Gasteiger partial charge in [0, 0.05) is 27.1 Å². The molecular formula is C20H22N4O5. The minimum Gasteiger partial charge on any atom is -0.454 e. The van der Waals surface area contributed by atoms with Gasteiger partial charge < -0.3 is 9.30 Å². The largest absolute Gasteiger partial charge is 0.454 e. The van der Waals surface area contributed by atoms with Crippen LogP contribution in [0.15, 0.2) is 46.2 Å². The molecule has 0 fully saturated rings. The molecule has 2 heterocycles. The summed E-state index contributed by atoms with van der Waals surface area (Å²) in [6, 6.07) is 8.45. The van der Waals surface area contributed by atoms with Gasteiger partial charge in [0.1, 0.15) is 6.61 Å². The number of aromatic nitrogens is 4. The van der Waals surface area contributed by atoms with Crippen LogP contribution >= 0.6 is 0 Å². The van der Waals surface area contributed by atoms with E-state index in [-0.39, 0.29) is 25.4 Å². The number of fused-ring (bicyclic) bond motifs is 1. The van der Waals surface area contributed by atoms with Crippen LogP contribution in [0.1, 0.15) is 29.6 Å². The Kier molecular flexibility index (Phi) is 6.06. The van der Waals surface area contributed by atoms with E-state index in [1.165, 1.54) is 10.9 Å². The Bertz CT molecular complexity index is 1160. The first-order valence-corrected chi connectivity index (χ1v) is 9.25. The molecule has 9 nitrogen and oxygen atoms in total. The molecule has 0 unspecified atom stereocenters. The molecule has 0 radical (unpaired) electrons. The lowest BCUT2D eigenvalue weighted by atomic mass is 10.2. The molecule has 0 aliphatic carbocycles. The van der Waals surface area contributed by atoms with E-state index < -0.39 is 17.2 Å². The quantitative estimate of drug-likeness (QED) is 0.415. The number of nitrogens with zero attached hydrogens (tertiary/aromatic N) is 4. The number of ketones is 1. The summed E-state index contributed by atoms with van der Waals surface area (Å²) in [5, 5.41) is 0. The van der Waals surface area contributed by atoms with E-state index >= 15 is 0 Å². The molecule has 0 bridgehead atoms. The van der Waals surface area contributed by atoms with Crippen LogP contribution < -0.4 is 11.2 Å². The number of hydrogen-bond acceptors (Lipinski definition) is 6. The highest BCUT2D eigenvalue weighted by Crippen LogP contribution is 2.05. The number of hydrogen-bond donors (Lipinski definition) is 0. The van der Waals surface area contributed by atoms with Crippen molar-refractivity contribution in [1.29, 1.82) is 0 Å². The first-order chi connectivity index (χ1) is 13.9. The summed E-state index contributed by atoms with van der Waals surface area (Å²) in [4.78, 5) is 52.8. The van der Waals surface area contributed by atoms with Gasteiger partial charge >= 0.3 is 11.7 Å². The number of rotatable bonds is 8. The third kappa shape index (κ3) is 4.34. The normalized spacial score (nSPS) is 11.0. The molecule has 0 aliphatic heterocycles. The highest BCUT2D eigenvalue weighted by molar-refractivity contribution is 5.91. The smallest absolute Gasteiger partial charge is 0.338 e. The minimum absolute atomic E-state index is 0.198. The molecule has 1 aromatic carbocycles. The number of Topliss-reactive ketones (excluding diaryl/α,β-unsaturated/α-hetero) is 1. The van der Waals surface area contributed by atoms with Gasteiger partial charge in [-0.3, -0.25) is 18.7 Å². The summed E-state index contributed by atoms with van der Waals surface area (Å²) in [7, 11) is 3.26. The molecule has 0 spiro atoms. The highest BCUT2D eigenvalue weighted by atomic mass is 16.5. The van der Waals surface area contributed by atoms with Crippen molar-refractivity contribution in [3.05, 3.63) is 63.1 Å². The van der Waals surface area contributed by atoms with Gasteiger partial charge in [-0.2, -0.15) is 0 Å². The van der Waals surface area contributed by atoms with E-state index in [1.807, 2.05) is 0 Å². The first kappa shape index (κ1) is 20.2. The molecule has 152 valence electrons. The number of imidazole rings is 1. The van der Waals surface area contributed by atoms with Crippen LogP contribution in [0.3, 0.4) is 0 Å². The number of carbonyl (C=O) groups is 2. The van der Waals surface area contributed by atoms with Crippen LogP contribution in [0.25, 0.3) is 11.2 Å². The van der Waals surface area contributed by atoms with E-state index in [0.29, 0.717) is 29.6 Å². The molecule has 2 aromatic heterocycles. The summed E-state index contributed by atoms with van der Waals surface area (Å²) in [6.45, 7) is -0.0971. The molecule has 0 atom stereocenters. The van der Waals surface area contributed by atoms with Crippen molar-refractivity contribution in [3.8, 4) is 0 Å². The van der Waals surface area contributed by atoms with Crippen molar-refractivity contribution in [3.63, 3.8) is 0 Å². The Hall–Kier alpha value is -3.49. The molecule has 0 amide bonds. The topological polar surface area (TPSA) is 105 Å². The van der Waals surface area contributed by atoms with Gasteiger partial charge in [0.2, 0.25) is 0 Å². The predicted octanol–water partition coefficient (Wildman–Crippen LogP) is 1.03. The van der Waals surface area contributed by atoms with Crippen molar-refractivity contribution in [2.45, 2.75) is 25.8 Å². The van der Waals surface area contributed by atoms with Crippen LogP contribution in [-0.2, 0) is 30.2 Å². The Morgan fingerprint density at radius 2 is 1.79 bits per heavy atom. The molecule has 3 aromatic rings. The lowest BCUT2D eigenvalue weighted by molar-refractivity contribution is -0.122. The minimum atomic E-state index is -0.543. The van der Waals surface area contributed by atoms with Crippen molar-refractivity contribution in [1.82, 2.24) is 18.7 Å². The number of ether oxygens (including phenoxy) is 1. The maximum Gasteiger partial charge on any atom is 0.338 e. The SMILES string of the molecule is Cn1cnc2c1c(=O)n(CCCCC(=O)COC(=O)c1ccccc1)c(=O)n2C. The first-order valence-electron chi connectivity index (χ1n) is 9.25. The second kappa shape index (κ2) is 8.68. The van der Waals surface area contributed by atoms with E-state index in [9.17, 15) is 19.2 Å². The molecular weight excluding hydrogens is 376 g/mol. The maximum atomic E-state index is 12.6. The molecule has 9 heteroatoms. The third-order valence-electron chi connectivity index (χ3n) is 4.66.